The Hall–Kier alpha value is -3.67. The quantitative estimate of drug-likeness (QED) is 0.0261. The molecule has 0 heterocycles. The van der Waals surface area contributed by atoms with Crippen molar-refractivity contribution in [3.8, 4) is 0 Å². The van der Waals surface area contributed by atoms with Crippen molar-refractivity contribution in [3.05, 3.63) is 97.2 Å². The Kier molecular flexibility index (Phi) is 63.7. The van der Waals surface area contributed by atoms with Gasteiger partial charge in [-0.05, 0) is 103 Å². The summed E-state index contributed by atoms with van der Waals surface area (Å²) in [4.78, 5) is 38.4. The first-order valence-electron chi connectivity index (χ1n) is 33.7. The van der Waals surface area contributed by atoms with Crippen LogP contribution >= 0.6 is 0 Å². The van der Waals surface area contributed by atoms with E-state index in [1.54, 1.807) is 0 Å². The van der Waals surface area contributed by atoms with Crippen molar-refractivity contribution < 1.29 is 28.6 Å². The third-order valence-electron chi connectivity index (χ3n) is 14.6. The number of hydrogen-bond acceptors (Lipinski definition) is 6. The number of carbonyl (C=O) groups excluding carboxylic acids is 3. The fraction of sp³-hybridized carbons (Fsp3) is 0.740. The summed E-state index contributed by atoms with van der Waals surface area (Å²) in [5.41, 5.74) is 0. The first-order chi connectivity index (χ1) is 39.0. The van der Waals surface area contributed by atoms with E-state index in [0.717, 1.165) is 116 Å². The highest BCUT2D eigenvalue weighted by molar-refractivity contribution is 5.71. The smallest absolute Gasteiger partial charge is 0.306 e. The SMILES string of the molecule is CC/C=C\C/C=C\C/C=C\C/C=C\C/C=C\C/C=C\C/C=C\CCCCCC(=O)OCC(COC(=O)CCCCCCC/C=C\CCCCCC)OC(=O)CCCCCCCCCCCCCCCCCCCCCCCCC. The zero-order valence-electron chi connectivity index (χ0n) is 52.1. The summed E-state index contributed by atoms with van der Waals surface area (Å²) in [6.45, 7) is 6.52. The first-order valence-corrected chi connectivity index (χ1v) is 33.7. The summed E-state index contributed by atoms with van der Waals surface area (Å²) in [5, 5.41) is 0. The molecule has 0 bridgehead atoms. The van der Waals surface area contributed by atoms with Crippen LogP contribution in [0.25, 0.3) is 0 Å². The topological polar surface area (TPSA) is 78.9 Å². The van der Waals surface area contributed by atoms with Crippen molar-refractivity contribution in [2.45, 2.75) is 335 Å². The fourth-order valence-electron chi connectivity index (χ4n) is 9.54. The van der Waals surface area contributed by atoms with Gasteiger partial charge in [-0.1, -0.05) is 304 Å². The van der Waals surface area contributed by atoms with Gasteiger partial charge in [-0.3, -0.25) is 14.4 Å². The molecule has 0 saturated heterocycles. The van der Waals surface area contributed by atoms with Crippen LogP contribution in [0, 0.1) is 0 Å². The summed E-state index contributed by atoms with van der Waals surface area (Å²) >= 11 is 0. The van der Waals surface area contributed by atoms with Gasteiger partial charge in [-0.2, -0.15) is 0 Å². The summed E-state index contributed by atoms with van der Waals surface area (Å²) < 4.78 is 16.9. The van der Waals surface area contributed by atoms with E-state index in [9.17, 15) is 14.4 Å². The highest BCUT2D eigenvalue weighted by atomic mass is 16.6. The molecule has 0 aromatic heterocycles. The molecule has 0 spiro atoms. The first kappa shape index (κ1) is 75.3. The molecule has 6 nitrogen and oxygen atoms in total. The number of rotatable bonds is 61. The van der Waals surface area contributed by atoms with Crippen LogP contribution < -0.4 is 0 Å². The van der Waals surface area contributed by atoms with Gasteiger partial charge in [0, 0.05) is 19.3 Å². The van der Waals surface area contributed by atoms with E-state index in [1.807, 2.05) is 0 Å². The second kappa shape index (κ2) is 66.8. The van der Waals surface area contributed by atoms with Crippen molar-refractivity contribution >= 4 is 17.9 Å². The van der Waals surface area contributed by atoms with Crippen LogP contribution in [0.5, 0.6) is 0 Å². The molecular formula is C73H126O6. The molecule has 454 valence electrons. The number of hydrogen-bond donors (Lipinski definition) is 0. The molecule has 0 aliphatic rings. The lowest BCUT2D eigenvalue weighted by Crippen LogP contribution is -2.30. The van der Waals surface area contributed by atoms with Gasteiger partial charge < -0.3 is 14.2 Å². The van der Waals surface area contributed by atoms with Gasteiger partial charge in [0.15, 0.2) is 6.10 Å². The molecule has 0 amide bonds. The number of ether oxygens (including phenoxy) is 3. The second-order valence-electron chi connectivity index (χ2n) is 22.4. The molecule has 0 N–H and O–H groups in total. The van der Waals surface area contributed by atoms with Gasteiger partial charge in [0.05, 0.1) is 0 Å². The third-order valence-corrected chi connectivity index (χ3v) is 14.6. The zero-order valence-corrected chi connectivity index (χ0v) is 52.1. The fourth-order valence-corrected chi connectivity index (χ4v) is 9.54. The molecule has 79 heavy (non-hydrogen) atoms. The zero-order chi connectivity index (χ0) is 57.1. The average molecular weight is 1100 g/mol. The molecule has 6 heteroatoms. The highest BCUT2D eigenvalue weighted by Crippen LogP contribution is 2.17. The van der Waals surface area contributed by atoms with Crippen molar-refractivity contribution in [3.63, 3.8) is 0 Å². The van der Waals surface area contributed by atoms with E-state index in [4.69, 9.17) is 14.2 Å². The summed E-state index contributed by atoms with van der Waals surface area (Å²) in [5.74, 6) is -0.918. The molecule has 0 fully saturated rings. The Morgan fingerprint density at radius 2 is 0.494 bits per heavy atom. The van der Waals surface area contributed by atoms with Crippen LogP contribution in [0.15, 0.2) is 97.2 Å². The molecule has 0 aliphatic heterocycles. The maximum atomic E-state index is 12.9. The number of allylic oxidation sites excluding steroid dienone is 16. The Morgan fingerprint density at radius 3 is 0.810 bits per heavy atom. The standard InChI is InChI=1S/C73H126O6/c1-4-7-10-13-16-19-22-25-27-29-31-33-35-36-38-39-41-43-45-48-51-54-57-60-63-66-72(75)78-69-70(68-77-71(74)65-62-59-56-53-50-47-24-21-18-15-12-9-6-3)79-73(76)67-64-61-58-55-52-49-46-44-42-40-37-34-32-30-28-26-23-20-17-14-11-8-5-2/h7,10,16,19,21,24-25,27,31,33,36,38,41,43,48,51,70H,4-6,8-9,11-15,17-18,20,22-23,26,28-30,32,34-35,37,39-40,42,44-47,49-50,52-69H2,1-3H3/b10-7-,19-16-,24-21-,27-25-,33-31-,38-36-,43-41-,51-48-. The second-order valence-corrected chi connectivity index (χ2v) is 22.4. The Morgan fingerprint density at radius 1 is 0.266 bits per heavy atom. The molecule has 0 aromatic carbocycles. The van der Waals surface area contributed by atoms with Crippen LogP contribution in [0.3, 0.4) is 0 Å². The number of esters is 3. The normalized spacial score (nSPS) is 12.7. The Labute approximate surface area is 489 Å². The minimum absolute atomic E-state index is 0.0903. The van der Waals surface area contributed by atoms with Crippen LogP contribution in [-0.4, -0.2) is 37.2 Å². The van der Waals surface area contributed by atoms with E-state index in [0.29, 0.717) is 19.3 Å². The lowest BCUT2D eigenvalue weighted by Gasteiger charge is -2.18. The average Bonchev–Trinajstić information content (AvgIpc) is 3.45. The monoisotopic (exact) mass is 1100 g/mol. The van der Waals surface area contributed by atoms with Crippen molar-refractivity contribution in [2.24, 2.45) is 0 Å². The Balaban J connectivity index is 4.37. The van der Waals surface area contributed by atoms with Gasteiger partial charge in [-0.15, -0.1) is 0 Å². The summed E-state index contributed by atoms with van der Waals surface area (Å²) in [6.07, 6.45) is 90.0. The largest absolute Gasteiger partial charge is 0.462 e. The van der Waals surface area contributed by atoms with E-state index < -0.39 is 6.10 Å². The van der Waals surface area contributed by atoms with Gasteiger partial charge in [0.2, 0.25) is 0 Å². The van der Waals surface area contributed by atoms with Gasteiger partial charge in [0.25, 0.3) is 0 Å². The van der Waals surface area contributed by atoms with Crippen molar-refractivity contribution in [2.75, 3.05) is 13.2 Å². The van der Waals surface area contributed by atoms with E-state index in [2.05, 4.69) is 118 Å². The van der Waals surface area contributed by atoms with Gasteiger partial charge in [-0.25, -0.2) is 0 Å². The molecule has 1 atom stereocenters. The molecule has 0 saturated carbocycles. The Bertz CT molecular complexity index is 1540. The molecular weight excluding hydrogens is 973 g/mol. The van der Waals surface area contributed by atoms with Gasteiger partial charge >= 0.3 is 17.9 Å². The minimum Gasteiger partial charge on any atom is -0.462 e. The van der Waals surface area contributed by atoms with Crippen LogP contribution in [-0.2, 0) is 28.6 Å². The predicted octanol–water partition coefficient (Wildman–Crippen LogP) is 23.2. The lowest BCUT2D eigenvalue weighted by molar-refractivity contribution is -0.167. The van der Waals surface area contributed by atoms with Crippen LogP contribution in [0.2, 0.25) is 0 Å². The molecule has 0 aromatic rings. The maximum Gasteiger partial charge on any atom is 0.306 e. The van der Waals surface area contributed by atoms with Crippen LogP contribution in [0.4, 0.5) is 0 Å². The molecule has 0 aliphatic carbocycles. The summed E-state index contributed by atoms with van der Waals surface area (Å²) in [6, 6.07) is 0. The predicted molar refractivity (Wildman–Crippen MR) is 344 cm³/mol. The van der Waals surface area contributed by atoms with Crippen LogP contribution in [0.1, 0.15) is 329 Å². The van der Waals surface area contributed by atoms with E-state index in [-0.39, 0.29) is 31.1 Å². The van der Waals surface area contributed by atoms with E-state index >= 15 is 0 Å². The van der Waals surface area contributed by atoms with E-state index in [1.165, 1.54) is 173 Å². The lowest BCUT2D eigenvalue weighted by atomic mass is 10.0. The van der Waals surface area contributed by atoms with Crippen molar-refractivity contribution in [1.82, 2.24) is 0 Å². The van der Waals surface area contributed by atoms with Crippen molar-refractivity contribution in [1.29, 1.82) is 0 Å². The minimum atomic E-state index is -0.795. The highest BCUT2D eigenvalue weighted by Gasteiger charge is 2.19. The maximum absolute atomic E-state index is 12.9. The summed E-state index contributed by atoms with van der Waals surface area (Å²) in [7, 11) is 0. The molecule has 0 rings (SSSR count). The van der Waals surface area contributed by atoms with Gasteiger partial charge in [0.1, 0.15) is 13.2 Å². The number of carbonyl (C=O) groups is 3. The molecule has 0 radical (unpaired) electrons. The number of unbranched alkanes of at least 4 members (excludes halogenated alkanes) is 34. The molecule has 1 unspecified atom stereocenters. The third kappa shape index (κ3) is 65.0.